The van der Waals surface area contributed by atoms with E-state index < -0.39 is 72.5 Å². The fourth-order valence-electron chi connectivity index (χ4n) is 19.2. The Kier molecular flexibility index (Phi) is 63.6. The number of aliphatic carboxylic acids is 2. The second-order valence-electron chi connectivity index (χ2n) is 38.7. The maximum absolute atomic E-state index is 13.0. The van der Waals surface area contributed by atoms with E-state index in [-0.39, 0.29) is 74.1 Å². The van der Waals surface area contributed by atoms with Crippen LogP contribution >= 0.6 is 11.6 Å². The first-order valence-electron chi connectivity index (χ1n) is 54.6. The van der Waals surface area contributed by atoms with Crippen LogP contribution in [0.2, 0.25) is 0 Å². The van der Waals surface area contributed by atoms with Crippen LogP contribution in [0.25, 0.3) is 0 Å². The van der Waals surface area contributed by atoms with Gasteiger partial charge in [-0.15, -0.1) is 0 Å². The maximum Gasteiger partial charge on any atom is 0.508 e. The molecule has 0 saturated carbocycles. The van der Waals surface area contributed by atoms with Crippen molar-refractivity contribution in [2.24, 2.45) is 23.7 Å². The number of carboxylic acids is 2. The largest absolute Gasteiger partial charge is 0.508 e. The van der Waals surface area contributed by atoms with Crippen molar-refractivity contribution in [1.29, 1.82) is 0 Å². The minimum absolute atomic E-state index is 0. The normalized spacial score (nSPS) is 16.9. The van der Waals surface area contributed by atoms with Crippen LogP contribution in [0, 0.1) is 23.7 Å². The fourth-order valence-corrected chi connectivity index (χ4v) is 19.3. The highest BCUT2D eigenvalue weighted by Gasteiger charge is 2.39. The summed E-state index contributed by atoms with van der Waals surface area (Å²) in [5.74, 6) is 2.27. The van der Waals surface area contributed by atoms with E-state index in [0.717, 1.165) is 177 Å². The lowest BCUT2D eigenvalue weighted by Crippen LogP contribution is -2.39. The summed E-state index contributed by atoms with van der Waals surface area (Å²) in [6.45, 7) is 31.9. The van der Waals surface area contributed by atoms with E-state index in [4.69, 9.17) is 98.3 Å². The van der Waals surface area contributed by atoms with Gasteiger partial charge in [-0.3, -0.25) is 19.2 Å². The SMILES string of the molecule is C.CCCCCCCC(=O)C[C@H](CN1CCCC1)[C@H](O)c1ccc2c(c1)OCCO2.CCCCCCCC(=O)C[C@H](CN1CCCC1)[C@H](OC(=O)OCC)c1ccc2c(c1)OCCO2.CCCCCCCC(=O)C[C@H](CN1CCCC1)[C@H](OC(=O)OCC)c1ccc2c(c1)OCCO2.CCCCCCCC(=O)C[C@H](CN1CCCC1)[C@H](OC(=O)OCC)c1ccc2c(c1)OCCO2.CCOC(=O)Cl.O=C(O)[C@@H](O)[C@H](O)C(=O)O. The molecular formula is C113H175ClN4O30. The van der Waals surface area contributed by atoms with E-state index in [1.165, 1.54) is 89.9 Å². The molecular weight excluding hydrogens is 1930 g/mol. The van der Waals surface area contributed by atoms with Gasteiger partial charge in [-0.05, 0) is 228 Å². The third kappa shape index (κ3) is 48.7. The average molecular weight is 2110 g/mol. The molecule has 5 N–H and O–H groups in total. The molecule has 12 rings (SSSR count). The number of hydrogen-bond donors (Lipinski definition) is 5. The summed E-state index contributed by atoms with van der Waals surface area (Å²) in [7, 11) is 0. The van der Waals surface area contributed by atoms with Crippen LogP contribution in [0.15, 0.2) is 72.8 Å². The molecule has 0 amide bonds. The lowest BCUT2D eigenvalue weighted by atomic mass is 9.89. The van der Waals surface area contributed by atoms with E-state index in [2.05, 4.69) is 52.0 Å². The Morgan fingerprint density at radius 3 is 0.736 bits per heavy atom. The second kappa shape index (κ2) is 74.2. The topological polar surface area (TPSA) is 423 Å². The van der Waals surface area contributed by atoms with Crippen molar-refractivity contribution in [3.63, 3.8) is 0 Å². The molecule has 0 radical (unpaired) electrons. The third-order valence-electron chi connectivity index (χ3n) is 26.8. The second-order valence-corrected chi connectivity index (χ2v) is 39.0. The predicted molar refractivity (Wildman–Crippen MR) is 563 cm³/mol. The zero-order chi connectivity index (χ0) is 106. The molecule has 10 atom stereocenters. The highest BCUT2D eigenvalue weighted by molar-refractivity contribution is 6.61. The first kappa shape index (κ1) is 127. The number of hydrogen-bond acceptors (Lipinski definition) is 32. The maximum atomic E-state index is 13.0. The first-order chi connectivity index (χ1) is 71.2. The molecule has 834 valence electrons. The fraction of sp³-hybridized carbons (Fsp3) is 0.699. The van der Waals surface area contributed by atoms with Gasteiger partial charge in [-0.1, -0.05) is 162 Å². The number of ketones is 4. The van der Waals surface area contributed by atoms with E-state index in [0.29, 0.717) is 171 Å². The number of carboxylic acid groups (broad SMARTS) is 2. The number of carbonyl (C=O) groups excluding carboxylic acids is 8. The van der Waals surface area contributed by atoms with Crippen LogP contribution < -0.4 is 37.9 Å². The van der Waals surface area contributed by atoms with Crippen LogP contribution in [0.5, 0.6) is 46.0 Å². The number of carbonyl (C=O) groups is 10. The quantitative estimate of drug-likeness (QED) is 0.0119. The Morgan fingerprint density at radius 1 is 0.297 bits per heavy atom. The number of halogens is 1. The smallest absolute Gasteiger partial charge is 0.486 e. The molecule has 35 heteroatoms. The number of aliphatic hydroxyl groups is 3. The molecule has 0 aromatic heterocycles. The summed E-state index contributed by atoms with van der Waals surface area (Å²) < 4.78 is 82.7. The number of ether oxygens (including phenoxy) is 15. The Morgan fingerprint density at radius 2 is 0.514 bits per heavy atom. The molecule has 4 aromatic carbocycles. The summed E-state index contributed by atoms with van der Waals surface area (Å²) in [6, 6.07) is 22.6. The van der Waals surface area contributed by atoms with Crippen molar-refractivity contribution in [3.05, 3.63) is 95.1 Å². The number of benzene rings is 4. The molecule has 0 bridgehead atoms. The van der Waals surface area contributed by atoms with Crippen LogP contribution in [0.4, 0.5) is 19.2 Å². The van der Waals surface area contributed by atoms with E-state index in [1.807, 2.05) is 72.8 Å². The molecule has 0 spiro atoms. The number of fused-ring (bicyclic) bond motifs is 4. The minimum Gasteiger partial charge on any atom is -0.486 e. The van der Waals surface area contributed by atoms with Gasteiger partial charge in [0.2, 0.25) is 0 Å². The molecule has 0 unspecified atom stereocenters. The molecule has 8 aliphatic heterocycles. The van der Waals surface area contributed by atoms with Crippen molar-refractivity contribution in [2.75, 3.05) is 158 Å². The van der Waals surface area contributed by atoms with E-state index in [1.54, 1.807) is 27.7 Å². The van der Waals surface area contributed by atoms with E-state index >= 15 is 0 Å². The van der Waals surface area contributed by atoms with Crippen LogP contribution in [0.1, 0.15) is 341 Å². The van der Waals surface area contributed by atoms with Gasteiger partial charge in [-0.2, -0.15) is 0 Å². The number of nitrogens with zero attached hydrogens (tertiary/aromatic N) is 4. The van der Waals surface area contributed by atoms with Gasteiger partial charge in [0.15, 0.2) is 58.2 Å². The number of unbranched alkanes of at least 4 members (excludes halogenated alkanes) is 16. The Labute approximate surface area is 883 Å². The molecule has 8 heterocycles. The minimum atomic E-state index is -2.27. The molecule has 4 aromatic rings. The lowest BCUT2D eigenvalue weighted by molar-refractivity contribution is -0.165. The van der Waals surface area contributed by atoms with Crippen LogP contribution in [-0.2, 0) is 61.9 Å². The van der Waals surface area contributed by atoms with Gasteiger partial charge in [0.05, 0.1) is 32.5 Å². The summed E-state index contributed by atoms with van der Waals surface area (Å²) >= 11 is 4.72. The lowest BCUT2D eigenvalue weighted by Gasteiger charge is -2.31. The van der Waals surface area contributed by atoms with Crippen molar-refractivity contribution >= 4 is 70.6 Å². The zero-order valence-corrected chi connectivity index (χ0v) is 89.5. The summed E-state index contributed by atoms with van der Waals surface area (Å²) in [6.07, 6.45) is 26.7. The molecule has 8 aliphatic rings. The number of aliphatic hydroxyl groups excluding tert-OH is 3. The Balaban J connectivity index is 0.000000286. The van der Waals surface area contributed by atoms with Gasteiger partial charge >= 0.3 is 35.8 Å². The van der Waals surface area contributed by atoms with Crippen molar-refractivity contribution < 1.29 is 145 Å². The van der Waals surface area contributed by atoms with Gasteiger partial charge in [-0.25, -0.2) is 28.8 Å². The van der Waals surface area contributed by atoms with Gasteiger partial charge in [0, 0.05) is 113 Å². The summed E-state index contributed by atoms with van der Waals surface area (Å²) in [4.78, 5) is 128. The zero-order valence-electron chi connectivity index (χ0n) is 88.7. The standard InChI is InChI=1S/3C27H41NO6.C24H37NO4.C4H6O6.C3H5ClO2.CH4/c3*1-3-5-6-7-8-11-23(29)18-22(20-28-14-9-10-15-28)26(34-27(30)31-4-2)21-12-13-24-25(19-21)33-17-16-32-24;1-2-3-4-5-6-9-21(26)16-20(18-25-12-7-8-13-25)24(27)19-10-11-22-23(17-19)29-15-14-28-22;5-1(3(7)8)2(6)4(9)10;1-2-6-3(4)5;/h3*12-13,19,22,26H,3-11,14-18,20H2,1-2H3;10-11,17,20,24,27H,2-9,12-16,18H2,1H3;1-2,5-6H,(H,7,8)(H,9,10);2H2,1H3;1H4/t3*22-,26-;20-,24-;1-,2-;;/m11110../s1. The summed E-state index contributed by atoms with van der Waals surface area (Å²) in [5, 5.41) is 43.7. The van der Waals surface area contributed by atoms with Gasteiger partial charge < -0.3 is 116 Å². The molecule has 4 saturated heterocycles. The highest BCUT2D eigenvalue weighted by atomic mass is 35.5. The van der Waals surface area contributed by atoms with Crippen molar-refractivity contribution in [3.8, 4) is 46.0 Å². The first-order valence-corrected chi connectivity index (χ1v) is 55.0. The number of likely N-dealkylation sites (tertiary alicyclic amines) is 4. The molecule has 148 heavy (non-hydrogen) atoms. The van der Waals surface area contributed by atoms with Crippen molar-refractivity contribution in [2.45, 2.75) is 331 Å². The summed E-state index contributed by atoms with van der Waals surface area (Å²) in [5.41, 5.74) is 2.48. The number of rotatable bonds is 58. The van der Waals surface area contributed by atoms with Crippen LogP contribution in [0.3, 0.4) is 0 Å². The molecule has 34 nitrogen and oxygen atoms in total. The Bertz CT molecular complexity index is 4160. The highest BCUT2D eigenvalue weighted by Crippen LogP contribution is 2.44. The van der Waals surface area contributed by atoms with Crippen molar-refractivity contribution in [1.82, 2.24) is 19.6 Å². The third-order valence-corrected chi connectivity index (χ3v) is 26.9. The molecule has 4 fully saturated rings. The monoisotopic (exact) mass is 2100 g/mol. The number of Topliss-reactive ketones (excluding diaryl/α,β-unsaturated/α-hetero) is 4. The van der Waals surface area contributed by atoms with Gasteiger partial charge in [0.25, 0.3) is 0 Å². The predicted octanol–water partition coefficient (Wildman–Crippen LogP) is 21.5. The van der Waals surface area contributed by atoms with Crippen LogP contribution in [-0.4, -0.2) is 274 Å². The average Bonchev–Trinajstić information content (AvgIpc) is 1.13. The Hall–Kier alpha value is -9.81. The van der Waals surface area contributed by atoms with Gasteiger partial charge in [0.1, 0.15) is 94.3 Å². The molecule has 0 aliphatic carbocycles. The van der Waals surface area contributed by atoms with E-state index in [9.17, 15) is 53.1 Å².